The molecule has 0 radical (unpaired) electrons. The third-order valence-corrected chi connectivity index (χ3v) is 4.96. The first-order chi connectivity index (χ1) is 12.4. The minimum Gasteiger partial charge on any atom is -0.426 e. The van der Waals surface area contributed by atoms with Gasteiger partial charge in [-0.25, -0.2) is 13.8 Å². The van der Waals surface area contributed by atoms with E-state index in [0.717, 1.165) is 11.8 Å². The second-order valence-electron chi connectivity index (χ2n) is 6.08. The Kier molecular flexibility index (Phi) is 5.62. The fourth-order valence-corrected chi connectivity index (χ4v) is 3.46. The van der Waals surface area contributed by atoms with Gasteiger partial charge in [-0.1, -0.05) is 18.2 Å². The molecule has 1 aromatic carbocycles. The van der Waals surface area contributed by atoms with Gasteiger partial charge in [0.2, 0.25) is 0 Å². The van der Waals surface area contributed by atoms with Crippen LogP contribution in [0, 0.1) is 0 Å². The van der Waals surface area contributed by atoms with Crippen molar-refractivity contribution in [2.75, 3.05) is 13.2 Å². The molecule has 2 amide bonds. The van der Waals surface area contributed by atoms with Crippen LogP contribution >= 0.6 is 8.25 Å². The van der Waals surface area contributed by atoms with E-state index in [4.69, 9.17) is 13.8 Å². The Morgan fingerprint density at radius 2 is 2.19 bits per heavy atom. The van der Waals surface area contributed by atoms with Crippen molar-refractivity contribution in [1.29, 1.82) is 0 Å². The predicted molar refractivity (Wildman–Crippen MR) is 90.6 cm³/mol. The molecule has 1 aromatic rings. The van der Waals surface area contributed by atoms with Gasteiger partial charge < -0.3 is 19.7 Å². The number of carbonyl (C=O) groups is 1. The molecule has 0 saturated carbocycles. The number of alkyl halides is 1. The van der Waals surface area contributed by atoms with E-state index >= 15 is 0 Å². The Labute approximate surface area is 150 Å². The summed E-state index contributed by atoms with van der Waals surface area (Å²) in [6, 6.07) is 7.90. The Hall–Kier alpha value is -1.93. The van der Waals surface area contributed by atoms with E-state index in [1.54, 1.807) is 36.4 Å². The number of ether oxygens (including phenoxy) is 1. The summed E-state index contributed by atoms with van der Waals surface area (Å²) in [5.41, 5.74) is -2.23. The lowest BCUT2D eigenvalue weighted by Gasteiger charge is -2.33. The smallest absolute Gasteiger partial charge is 0.367 e. The van der Waals surface area contributed by atoms with Crippen LogP contribution in [0.2, 0.25) is 0 Å². The van der Waals surface area contributed by atoms with Gasteiger partial charge in [0.1, 0.15) is 18.0 Å². The van der Waals surface area contributed by atoms with E-state index in [9.17, 15) is 18.9 Å². The van der Waals surface area contributed by atoms with Crippen molar-refractivity contribution < 1.29 is 32.6 Å². The van der Waals surface area contributed by atoms with Crippen LogP contribution in [0.25, 0.3) is 0 Å². The second kappa shape index (κ2) is 7.75. The molecular weight excluding hydrogens is 366 g/mol. The van der Waals surface area contributed by atoms with Gasteiger partial charge in [0.25, 0.3) is 0 Å². The number of para-hydroxylation sites is 1. The number of amides is 2. The molecule has 10 heteroatoms. The molecule has 3 rings (SSSR count). The summed E-state index contributed by atoms with van der Waals surface area (Å²) in [6.45, 7) is 1.13. The summed E-state index contributed by atoms with van der Waals surface area (Å²) in [5, 5.41) is 12.7. The molecule has 0 aromatic heterocycles. The van der Waals surface area contributed by atoms with Crippen LogP contribution in [0.1, 0.15) is 6.92 Å². The summed E-state index contributed by atoms with van der Waals surface area (Å²) in [6.07, 6.45) is -0.976. The highest BCUT2D eigenvalue weighted by atomic mass is 31.1. The molecule has 2 heterocycles. The predicted octanol–water partition coefficient (Wildman–Crippen LogP) is 1.82. The van der Waals surface area contributed by atoms with Crippen molar-refractivity contribution in [3.63, 3.8) is 0 Å². The molecule has 8 nitrogen and oxygen atoms in total. The fraction of sp³-hybridized carbons (Fsp3) is 0.438. The minimum absolute atomic E-state index is 0.332. The van der Waals surface area contributed by atoms with Gasteiger partial charge in [-0.3, -0.25) is 9.42 Å². The molecule has 2 N–H and O–H groups in total. The van der Waals surface area contributed by atoms with E-state index in [1.807, 2.05) is 0 Å². The van der Waals surface area contributed by atoms with E-state index in [1.165, 1.54) is 6.20 Å². The highest BCUT2D eigenvalue weighted by Gasteiger charge is 2.57. The van der Waals surface area contributed by atoms with Crippen LogP contribution in [0.5, 0.6) is 5.75 Å². The van der Waals surface area contributed by atoms with Crippen LogP contribution < -0.4 is 9.84 Å². The third-order valence-electron chi connectivity index (χ3n) is 4.15. The summed E-state index contributed by atoms with van der Waals surface area (Å²) >= 11 is 0. The molecule has 142 valence electrons. The molecule has 26 heavy (non-hydrogen) atoms. The van der Waals surface area contributed by atoms with Gasteiger partial charge in [0.05, 0.1) is 6.61 Å². The van der Waals surface area contributed by atoms with Crippen LogP contribution in [-0.2, 0) is 13.8 Å². The number of aliphatic hydroxyl groups excluding tert-OH is 1. The zero-order valence-corrected chi connectivity index (χ0v) is 15.0. The number of hydrogen-bond acceptors (Lipinski definition) is 6. The number of halogens is 1. The standard InChI is InChI=1S/C16H20FN2O6P/c1-16(17)13(20)12(24-14(16)19-9-5-8-18-15(19)21)10-23-26(22)25-11-6-3-2-4-7-11/h2-7,9,12-14,20,26H,8,10H2,1H3,(H,18,21)/t12?,13-,14?,16-/m1/s1. The number of nitrogens with zero attached hydrogens (tertiary/aromatic N) is 1. The summed E-state index contributed by atoms with van der Waals surface area (Å²) in [5.74, 6) is 0.368. The minimum atomic E-state index is -2.91. The molecule has 0 bridgehead atoms. The van der Waals surface area contributed by atoms with E-state index in [2.05, 4.69) is 5.32 Å². The van der Waals surface area contributed by atoms with Crippen LogP contribution in [0.4, 0.5) is 9.18 Å². The van der Waals surface area contributed by atoms with Crippen molar-refractivity contribution in [3.8, 4) is 5.75 Å². The fourth-order valence-electron chi connectivity index (χ4n) is 2.77. The first kappa shape index (κ1) is 18.8. The van der Waals surface area contributed by atoms with Crippen LogP contribution in [0.15, 0.2) is 42.6 Å². The van der Waals surface area contributed by atoms with Crippen molar-refractivity contribution >= 4 is 14.3 Å². The van der Waals surface area contributed by atoms with Crippen molar-refractivity contribution in [1.82, 2.24) is 10.2 Å². The lowest BCUT2D eigenvalue weighted by Crippen LogP contribution is -2.54. The van der Waals surface area contributed by atoms with Crippen LogP contribution in [-0.4, -0.2) is 53.3 Å². The molecule has 3 unspecified atom stereocenters. The summed E-state index contributed by atoms with van der Waals surface area (Å²) in [4.78, 5) is 12.9. The SMILES string of the molecule is C[C@]1(F)C(N2C=CCNC2=O)OC(CO[PH](=O)Oc2ccccc2)[C@H]1O. The van der Waals surface area contributed by atoms with Gasteiger partial charge >= 0.3 is 14.3 Å². The average molecular weight is 386 g/mol. The third kappa shape index (κ3) is 3.91. The quantitative estimate of drug-likeness (QED) is 0.724. The Bertz CT molecular complexity index is 701. The Balaban J connectivity index is 1.60. The number of aliphatic hydroxyl groups is 1. The van der Waals surface area contributed by atoms with Gasteiger partial charge in [-0.2, -0.15) is 0 Å². The Morgan fingerprint density at radius 1 is 1.46 bits per heavy atom. The lowest BCUT2D eigenvalue weighted by atomic mass is 9.98. The van der Waals surface area contributed by atoms with Crippen molar-refractivity contribution in [2.45, 2.75) is 31.0 Å². The maximum Gasteiger partial charge on any atom is 0.367 e. The van der Waals surface area contributed by atoms with E-state index in [-0.39, 0.29) is 6.61 Å². The number of rotatable bonds is 6. The number of benzene rings is 1. The van der Waals surface area contributed by atoms with Gasteiger partial charge in [0.15, 0.2) is 11.9 Å². The molecule has 1 saturated heterocycles. The van der Waals surface area contributed by atoms with Gasteiger partial charge in [-0.15, -0.1) is 0 Å². The van der Waals surface area contributed by atoms with Gasteiger partial charge in [-0.05, 0) is 25.1 Å². The molecule has 2 aliphatic rings. The molecule has 2 aliphatic heterocycles. The second-order valence-corrected chi connectivity index (χ2v) is 7.07. The summed E-state index contributed by atoms with van der Waals surface area (Å²) < 4.78 is 42.6. The van der Waals surface area contributed by atoms with Gasteiger partial charge in [0, 0.05) is 12.7 Å². The molecule has 5 atom stereocenters. The number of urea groups is 1. The maximum atomic E-state index is 15.0. The average Bonchev–Trinajstić information content (AvgIpc) is 2.84. The van der Waals surface area contributed by atoms with Crippen molar-refractivity contribution in [3.05, 3.63) is 42.6 Å². The topological polar surface area (TPSA) is 97.3 Å². The highest BCUT2D eigenvalue weighted by Crippen LogP contribution is 2.38. The molecule has 0 spiro atoms. The van der Waals surface area contributed by atoms with Crippen LogP contribution in [0.3, 0.4) is 0 Å². The molecular formula is C16H20FN2O6P. The Morgan fingerprint density at radius 3 is 2.88 bits per heavy atom. The zero-order valence-electron chi connectivity index (χ0n) is 14.0. The van der Waals surface area contributed by atoms with E-state index in [0.29, 0.717) is 12.3 Å². The largest absolute Gasteiger partial charge is 0.426 e. The zero-order chi connectivity index (χ0) is 18.7. The first-order valence-corrected chi connectivity index (χ1v) is 9.27. The number of carbonyl (C=O) groups excluding carboxylic acids is 1. The number of nitrogens with one attached hydrogen (secondary N) is 1. The van der Waals surface area contributed by atoms with E-state index < -0.39 is 38.4 Å². The first-order valence-electron chi connectivity index (χ1n) is 8.04. The molecule has 1 fully saturated rings. The maximum absolute atomic E-state index is 15.0. The monoisotopic (exact) mass is 386 g/mol. The summed E-state index contributed by atoms with van der Waals surface area (Å²) in [7, 11) is -2.91. The van der Waals surface area contributed by atoms with Crippen molar-refractivity contribution in [2.24, 2.45) is 0 Å². The normalized spacial score (nSPS) is 32.3. The lowest BCUT2D eigenvalue weighted by molar-refractivity contribution is -0.0705. The highest BCUT2D eigenvalue weighted by molar-refractivity contribution is 7.33. The number of hydrogen-bond donors (Lipinski definition) is 2. The molecule has 0 aliphatic carbocycles.